The van der Waals surface area contributed by atoms with Crippen LogP contribution in [-0.4, -0.2) is 0 Å². The first-order chi connectivity index (χ1) is 8.78. The summed E-state index contributed by atoms with van der Waals surface area (Å²) < 4.78 is 0. The van der Waals surface area contributed by atoms with Gasteiger partial charge in [-0.25, -0.2) is 0 Å². The van der Waals surface area contributed by atoms with Crippen LogP contribution in [0.1, 0.15) is 51.9 Å². The molecule has 0 nitrogen and oxygen atoms in total. The van der Waals surface area contributed by atoms with E-state index in [0.717, 1.165) is 17.8 Å². The molecule has 0 aromatic heterocycles. The minimum absolute atomic E-state index is 0.615. The summed E-state index contributed by atoms with van der Waals surface area (Å²) in [5, 5.41) is 0. The zero-order valence-corrected chi connectivity index (χ0v) is 11.5. The summed E-state index contributed by atoms with van der Waals surface area (Å²) in [5.74, 6) is 2.78. The molecule has 0 unspecified atom stereocenters. The molecule has 0 bridgehead atoms. The molecule has 0 saturated heterocycles. The Labute approximate surface area is 111 Å². The molecule has 0 aromatic carbocycles. The smallest absolute Gasteiger partial charge is 0.0142 e. The van der Waals surface area contributed by atoms with Crippen LogP contribution in [0.2, 0.25) is 0 Å². The lowest BCUT2D eigenvalue weighted by molar-refractivity contribution is 0.0609. The van der Waals surface area contributed by atoms with E-state index in [-0.39, 0.29) is 0 Å². The fourth-order valence-corrected chi connectivity index (χ4v) is 5.27. The first-order valence-corrected chi connectivity index (χ1v) is 7.83. The van der Waals surface area contributed by atoms with E-state index in [2.05, 4.69) is 31.2 Å². The van der Waals surface area contributed by atoms with E-state index in [1.807, 2.05) is 5.57 Å². The zero-order chi connectivity index (χ0) is 12.2. The molecule has 1 fully saturated rings. The predicted molar refractivity (Wildman–Crippen MR) is 76.2 cm³/mol. The van der Waals surface area contributed by atoms with Crippen LogP contribution in [0.4, 0.5) is 0 Å². The summed E-state index contributed by atoms with van der Waals surface area (Å²) in [4.78, 5) is 0. The van der Waals surface area contributed by atoms with Gasteiger partial charge in [0.15, 0.2) is 0 Å². The molecule has 0 N–H and O–H groups in total. The second kappa shape index (κ2) is 3.85. The number of hydrogen-bond acceptors (Lipinski definition) is 0. The van der Waals surface area contributed by atoms with Crippen LogP contribution in [-0.2, 0) is 0 Å². The Morgan fingerprint density at radius 2 is 2.11 bits per heavy atom. The van der Waals surface area contributed by atoms with Crippen LogP contribution in [0.15, 0.2) is 35.5 Å². The van der Waals surface area contributed by atoms with E-state index in [9.17, 15) is 0 Å². The highest BCUT2D eigenvalue weighted by atomic mass is 14.5. The Hall–Kier alpha value is -0.780. The second-order valence-electron chi connectivity index (χ2n) is 7.15. The van der Waals surface area contributed by atoms with Crippen LogP contribution in [0, 0.1) is 23.2 Å². The van der Waals surface area contributed by atoms with Gasteiger partial charge < -0.3 is 0 Å². The third-order valence-corrected chi connectivity index (χ3v) is 6.24. The molecule has 18 heavy (non-hydrogen) atoms. The maximum Gasteiger partial charge on any atom is -0.0142 e. The lowest BCUT2D eigenvalue weighted by Crippen LogP contribution is -2.41. The third kappa shape index (κ3) is 1.44. The van der Waals surface area contributed by atoms with E-state index < -0.39 is 0 Å². The SMILES string of the molecule is C[C@@]12CC=C[C@H]1[C@@H]1CCC3=C(CCC=C3)[C@H]1CC2. The summed E-state index contributed by atoms with van der Waals surface area (Å²) in [6.07, 6.45) is 19.6. The van der Waals surface area contributed by atoms with Gasteiger partial charge in [-0.3, -0.25) is 0 Å². The number of hydrogen-bond donors (Lipinski definition) is 0. The topological polar surface area (TPSA) is 0 Å². The highest BCUT2D eigenvalue weighted by molar-refractivity contribution is 5.35. The fraction of sp³-hybridized carbons (Fsp3) is 0.667. The molecule has 0 aliphatic heterocycles. The molecule has 4 aliphatic rings. The summed E-state index contributed by atoms with van der Waals surface area (Å²) in [6, 6.07) is 0. The van der Waals surface area contributed by atoms with Gasteiger partial charge >= 0.3 is 0 Å². The average molecular weight is 240 g/mol. The van der Waals surface area contributed by atoms with Crippen LogP contribution in [0.25, 0.3) is 0 Å². The molecular weight excluding hydrogens is 216 g/mol. The Kier molecular flexibility index (Phi) is 2.37. The van der Waals surface area contributed by atoms with Crippen molar-refractivity contribution < 1.29 is 0 Å². The number of allylic oxidation sites excluding steroid dienone is 6. The van der Waals surface area contributed by atoms with Crippen molar-refractivity contribution >= 4 is 0 Å². The summed E-state index contributed by atoms with van der Waals surface area (Å²) in [6.45, 7) is 2.54. The van der Waals surface area contributed by atoms with E-state index in [4.69, 9.17) is 0 Å². The molecule has 0 aromatic rings. The molecule has 1 saturated carbocycles. The lowest BCUT2D eigenvalue weighted by Gasteiger charge is -2.50. The molecule has 4 aliphatic carbocycles. The molecule has 4 atom stereocenters. The Morgan fingerprint density at radius 1 is 1.17 bits per heavy atom. The molecule has 4 rings (SSSR count). The third-order valence-electron chi connectivity index (χ3n) is 6.24. The summed E-state index contributed by atoms with van der Waals surface area (Å²) in [5.41, 5.74) is 4.19. The monoisotopic (exact) mass is 240 g/mol. The van der Waals surface area contributed by atoms with Gasteiger partial charge in [0, 0.05) is 0 Å². The molecule has 0 heterocycles. The molecule has 96 valence electrons. The minimum atomic E-state index is 0.615. The Morgan fingerprint density at radius 3 is 3.06 bits per heavy atom. The van der Waals surface area contributed by atoms with Gasteiger partial charge in [0.25, 0.3) is 0 Å². The van der Waals surface area contributed by atoms with Crippen LogP contribution >= 0.6 is 0 Å². The Balaban J connectivity index is 1.70. The van der Waals surface area contributed by atoms with Crippen molar-refractivity contribution in [3.8, 4) is 0 Å². The van der Waals surface area contributed by atoms with Gasteiger partial charge in [-0.15, -0.1) is 0 Å². The average Bonchev–Trinajstić information content (AvgIpc) is 2.80. The van der Waals surface area contributed by atoms with Gasteiger partial charge in [0.2, 0.25) is 0 Å². The second-order valence-corrected chi connectivity index (χ2v) is 7.15. The van der Waals surface area contributed by atoms with Gasteiger partial charge in [-0.1, -0.05) is 36.8 Å². The quantitative estimate of drug-likeness (QED) is 0.521. The van der Waals surface area contributed by atoms with Crippen LogP contribution in [0.3, 0.4) is 0 Å². The molecule has 0 heteroatoms. The van der Waals surface area contributed by atoms with Crippen molar-refractivity contribution in [3.63, 3.8) is 0 Å². The van der Waals surface area contributed by atoms with Crippen molar-refractivity contribution in [2.45, 2.75) is 51.9 Å². The molecular formula is C18H24. The standard InChI is InChI=1S/C18H24/c1-18-11-4-7-17(18)16-9-8-13-5-2-3-6-14(13)15(16)10-12-18/h2,4-5,7,15-17H,3,6,8-12H2,1H3/t15-,16-,17+,18+/m1/s1. The highest BCUT2D eigenvalue weighted by Gasteiger charge is 2.48. The van der Waals surface area contributed by atoms with Crippen molar-refractivity contribution in [2.75, 3.05) is 0 Å². The minimum Gasteiger partial charge on any atom is -0.0877 e. The Bertz CT molecular complexity index is 451. The van der Waals surface area contributed by atoms with Crippen molar-refractivity contribution in [1.82, 2.24) is 0 Å². The number of fused-ring (bicyclic) bond motifs is 4. The van der Waals surface area contributed by atoms with E-state index in [0.29, 0.717) is 5.41 Å². The number of rotatable bonds is 0. The maximum absolute atomic E-state index is 2.57. The lowest BCUT2D eigenvalue weighted by atomic mass is 9.55. The first kappa shape index (κ1) is 11.1. The summed E-state index contributed by atoms with van der Waals surface area (Å²) >= 11 is 0. The molecule has 0 spiro atoms. The summed E-state index contributed by atoms with van der Waals surface area (Å²) in [7, 11) is 0. The first-order valence-electron chi connectivity index (χ1n) is 7.83. The van der Waals surface area contributed by atoms with Gasteiger partial charge in [0.1, 0.15) is 0 Å². The highest BCUT2D eigenvalue weighted by Crippen LogP contribution is 2.58. The van der Waals surface area contributed by atoms with Gasteiger partial charge in [-0.2, -0.15) is 0 Å². The molecule has 0 radical (unpaired) electrons. The van der Waals surface area contributed by atoms with E-state index >= 15 is 0 Å². The predicted octanol–water partition coefficient (Wildman–Crippen LogP) is 5.04. The van der Waals surface area contributed by atoms with Crippen LogP contribution < -0.4 is 0 Å². The van der Waals surface area contributed by atoms with Crippen LogP contribution in [0.5, 0.6) is 0 Å². The van der Waals surface area contributed by atoms with E-state index in [1.165, 1.54) is 44.9 Å². The van der Waals surface area contributed by atoms with Gasteiger partial charge in [0.05, 0.1) is 0 Å². The van der Waals surface area contributed by atoms with Crippen molar-refractivity contribution in [2.24, 2.45) is 23.2 Å². The molecule has 0 amide bonds. The normalized spacial score (nSPS) is 45.7. The van der Waals surface area contributed by atoms with E-state index in [1.54, 1.807) is 5.57 Å². The largest absolute Gasteiger partial charge is 0.0877 e. The van der Waals surface area contributed by atoms with Gasteiger partial charge in [-0.05, 0) is 73.7 Å². The fourth-order valence-electron chi connectivity index (χ4n) is 5.27. The zero-order valence-electron chi connectivity index (χ0n) is 11.5. The van der Waals surface area contributed by atoms with Crippen molar-refractivity contribution in [1.29, 1.82) is 0 Å². The van der Waals surface area contributed by atoms with Crippen molar-refractivity contribution in [3.05, 3.63) is 35.5 Å². The maximum atomic E-state index is 2.57.